The molecule has 21 heavy (non-hydrogen) atoms. The number of hydrogen-bond acceptors (Lipinski definition) is 5. The van der Waals surface area contributed by atoms with Crippen molar-refractivity contribution in [1.82, 2.24) is 15.1 Å². The van der Waals surface area contributed by atoms with Crippen LogP contribution in [0.25, 0.3) is 0 Å². The average molecular weight is 290 g/mol. The number of ether oxygens (including phenoxy) is 1. The molecule has 6 heteroatoms. The van der Waals surface area contributed by atoms with Crippen LogP contribution < -0.4 is 4.90 Å². The van der Waals surface area contributed by atoms with Crippen molar-refractivity contribution >= 4 is 11.7 Å². The Morgan fingerprint density at radius 2 is 2.00 bits per heavy atom. The van der Waals surface area contributed by atoms with E-state index in [-0.39, 0.29) is 24.2 Å². The highest BCUT2D eigenvalue weighted by molar-refractivity contribution is 5.78. The molecule has 114 valence electrons. The Labute approximate surface area is 125 Å². The number of carbonyl (C=O) groups excluding carboxylic acids is 1. The summed E-state index contributed by atoms with van der Waals surface area (Å²) >= 11 is 0. The van der Waals surface area contributed by atoms with Crippen molar-refractivity contribution in [3.63, 3.8) is 0 Å². The van der Waals surface area contributed by atoms with Crippen molar-refractivity contribution in [3.8, 4) is 0 Å². The number of nitrogens with zero attached hydrogens (tertiary/aromatic N) is 4. The lowest BCUT2D eigenvalue weighted by Gasteiger charge is -2.50. The third-order valence-corrected chi connectivity index (χ3v) is 4.94. The molecule has 1 amide bonds. The van der Waals surface area contributed by atoms with Gasteiger partial charge in [0.05, 0.1) is 17.3 Å². The molecule has 0 N–H and O–H groups in total. The van der Waals surface area contributed by atoms with Gasteiger partial charge in [-0.1, -0.05) is 0 Å². The molecule has 2 saturated heterocycles. The van der Waals surface area contributed by atoms with Gasteiger partial charge in [-0.3, -0.25) is 4.79 Å². The minimum absolute atomic E-state index is 0.0694. The maximum absolute atomic E-state index is 11.7. The first-order valence-corrected chi connectivity index (χ1v) is 7.47. The number of morpholine rings is 1. The highest BCUT2D eigenvalue weighted by Gasteiger charge is 2.46. The maximum atomic E-state index is 11.7. The largest absolute Gasteiger partial charge is 0.363 e. The van der Waals surface area contributed by atoms with E-state index in [0.717, 1.165) is 37.4 Å². The summed E-state index contributed by atoms with van der Waals surface area (Å²) < 4.78 is 5.95. The summed E-state index contributed by atoms with van der Waals surface area (Å²) in [5.74, 6) is 0.989. The van der Waals surface area contributed by atoms with Crippen molar-refractivity contribution in [1.29, 1.82) is 0 Å². The Bertz CT molecular complexity index is 523. The topological polar surface area (TPSA) is 58.6 Å². The van der Waals surface area contributed by atoms with Crippen molar-refractivity contribution in [2.24, 2.45) is 0 Å². The van der Waals surface area contributed by atoms with E-state index in [1.165, 1.54) is 0 Å². The summed E-state index contributed by atoms with van der Waals surface area (Å²) in [4.78, 5) is 15.8. The molecule has 2 aliphatic rings. The van der Waals surface area contributed by atoms with Gasteiger partial charge >= 0.3 is 0 Å². The molecule has 0 aliphatic carbocycles. The first-order valence-electron chi connectivity index (χ1n) is 7.47. The highest BCUT2D eigenvalue weighted by atomic mass is 16.5. The fourth-order valence-corrected chi connectivity index (χ4v) is 3.23. The Morgan fingerprint density at radius 1 is 1.29 bits per heavy atom. The molecule has 1 atom stereocenters. The number of anilines is 1. The lowest BCUT2D eigenvalue weighted by atomic mass is 9.83. The summed E-state index contributed by atoms with van der Waals surface area (Å²) in [7, 11) is 1.87. The first-order chi connectivity index (χ1) is 10.0. The van der Waals surface area contributed by atoms with Crippen LogP contribution in [0, 0.1) is 6.92 Å². The molecule has 0 radical (unpaired) electrons. The smallest absolute Gasteiger partial charge is 0.248 e. The second-order valence-corrected chi connectivity index (χ2v) is 6.05. The Balaban J connectivity index is 1.70. The van der Waals surface area contributed by atoms with Crippen LogP contribution in [-0.2, 0) is 9.53 Å². The standard InChI is InChI=1S/C15H22N4O2/c1-11-4-5-13(17-16-11)19-8-6-15(7-9-19)12(2)18(3)14(20)10-21-15/h4-5,12H,6-10H2,1-3H3. The first kappa shape index (κ1) is 14.3. The fraction of sp³-hybridized carbons (Fsp3) is 0.667. The molecule has 1 aromatic rings. The van der Waals surface area contributed by atoms with Gasteiger partial charge in [-0.05, 0) is 38.8 Å². The summed E-state index contributed by atoms with van der Waals surface area (Å²) in [6, 6.07) is 4.12. The van der Waals surface area contributed by atoms with Gasteiger partial charge in [-0.2, -0.15) is 5.10 Å². The minimum Gasteiger partial charge on any atom is -0.363 e. The van der Waals surface area contributed by atoms with E-state index in [2.05, 4.69) is 22.0 Å². The summed E-state index contributed by atoms with van der Waals surface area (Å²) in [5.41, 5.74) is 0.716. The fourth-order valence-electron chi connectivity index (χ4n) is 3.23. The SMILES string of the molecule is Cc1ccc(N2CCC3(CC2)OCC(=O)N(C)C3C)nn1. The molecule has 0 bridgehead atoms. The number of amides is 1. The van der Waals surface area contributed by atoms with Crippen LogP contribution in [0.4, 0.5) is 5.82 Å². The molecule has 2 aliphatic heterocycles. The van der Waals surface area contributed by atoms with E-state index >= 15 is 0 Å². The van der Waals surface area contributed by atoms with Crippen LogP contribution in [0.2, 0.25) is 0 Å². The minimum atomic E-state index is -0.211. The molecule has 1 spiro atoms. The van der Waals surface area contributed by atoms with Gasteiger partial charge in [0.25, 0.3) is 0 Å². The second-order valence-electron chi connectivity index (χ2n) is 6.05. The van der Waals surface area contributed by atoms with Gasteiger partial charge in [0.15, 0.2) is 5.82 Å². The van der Waals surface area contributed by atoms with E-state index in [0.29, 0.717) is 0 Å². The van der Waals surface area contributed by atoms with Crippen molar-refractivity contribution in [2.45, 2.75) is 38.3 Å². The second kappa shape index (κ2) is 5.26. The van der Waals surface area contributed by atoms with E-state index in [1.807, 2.05) is 31.0 Å². The van der Waals surface area contributed by atoms with Crippen molar-refractivity contribution < 1.29 is 9.53 Å². The Morgan fingerprint density at radius 3 is 2.62 bits per heavy atom. The van der Waals surface area contributed by atoms with E-state index < -0.39 is 0 Å². The molecule has 1 aromatic heterocycles. The Hall–Kier alpha value is -1.69. The van der Waals surface area contributed by atoms with Gasteiger partial charge in [-0.15, -0.1) is 5.10 Å². The quantitative estimate of drug-likeness (QED) is 0.772. The van der Waals surface area contributed by atoms with Crippen molar-refractivity contribution in [2.75, 3.05) is 31.6 Å². The number of rotatable bonds is 1. The monoisotopic (exact) mass is 290 g/mol. The molecule has 0 aromatic carbocycles. The zero-order valence-electron chi connectivity index (χ0n) is 12.9. The molecule has 1 unspecified atom stereocenters. The Kier molecular flexibility index (Phi) is 3.57. The summed E-state index contributed by atoms with van der Waals surface area (Å²) in [6.45, 7) is 5.98. The zero-order chi connectivity index (χ0) is 15.0. The molecular weight excluding hydrogens is 268 g/mol. The van der Waals surface area contributed by atoms with E-state index in [9.17, 15) is 4.79 Å². The number of carbonyl (C=O) groups is 1. The lowest BCUT2D eigenvalue weighted by Crippen LogP contribution is -2.63. The predicted molar refractivity (Wildman–Crippen MR) is 79.1 cm³/mol. The molecule has 0 saturated carbocycles. The third kappa shape index (κ3) is 2.48. The molecule has 3 rings (SSSR count). The van der Waals surface area contributed by atoms with Crippen LogP contribution in [-0.4, -0.2) is 59.4 Å². The van der Waals surface area contributed by atoms with E-state index in [1.54, 1.807) is 0 Å². The normalized spacial score (nSPS) is 25.5. The van der Waals surface area contributed by atoms with E-state index in [4.69, 9.17) is 4.74 Å². The van der Waals surface area contributed by atoms with Crippen LogP contribution >= 0.6 is 0 Å². The highest BCUT2D eigenvalue weighted by Crippen LogP contribution is 2.35. The van der Waals surface area contributed by atoms with Gasteiger partial charge in [-0.25, -0.2) is 0 Å². The van der Waals surface area contributed by atoms with Crippen LogP contribution in [0.3, 0.4) is 0 Å². The summed E-state index contributed by atoms with van der Waals surface area (Å²) in [6.07, 6.45) is 1.81. The lowest BCUT2D eigenvalue weighted by molar-refractivity contribution is -0.177. The van der Waals surface area contributed by atoms with Crippen LogP contribution in [0.5, 0.6) is 0 Å². The zero-order valence-corrected chi connectivity index (χ0v) is 12.9. The number of aryl methyl sites for hydroxylation is 1. The third-order valence-electron chi connectivity index (χ3n) is 4.94. The number of piperidine rings is 1. The molecule has 2 fully saturated rings. The molecule has 3 heterocycles. The summed E-state index contributed by atoms with van der Waals surface area (Å²) in [5, 5.41) is 8.37. The van der Waals surface area contributed by atoms with Gasteiger partial charge in [0, 0.05) is 20.1 Å². The van der Waals surface area contributed by atoms with Gasteiger partial charge < -0.3 is 14.5 Å². The number of aromatic nitrogens is 2. The van der Waals surface area contributed by atoms with Crippen LogP contribution in [0.15, 0.2) is 12.1 Å². The van der Waals surface area contributed by atoms with Crippen molar-refractivity contribution in [3.05, 3.63) is 17.8 Å². The molecule has 6 nitrogen and oxygen atoms in total. The average Bonchev–Trinajstić information content (AvgIpc) is 2.51. The van der Waals surface area contributed by atoms with Gasteiger partial charge in [0.1, 0.15) is 6.61 Å². The van der Waals surface area contributed by atoms with Gasteiger partial charge in [0.2, 0.25) is 5.91 Å². The van der Waals surface area contributed by atoms with Crippen LogP contribution in [0.1, 0.15) is 25.5 Å². The molecular formula is C15H22N4O2. The number of likely N-dealkylation sites (N-methyl/N-ethyl adjacent to an activating group) is 1. The predicted octanol–water partition coefficient (Wildman–Crippen LogP) is 1.00. The maximum Gasteiger partial charge on any atom is 0.248 e. The number of hydrogen-bond donors (Lipinski definition) is 0.